The average Bonchev–Trinajstić information content (AvgIpc) is 2.84. The van der Waals surface area contributed by atoms with E-state index in [9.17, 15) is 39.6 Å². The van der Waals surface area contributed by atoms with E-state index in [-0.39, 0.29) is 17.7 Å². The van der Waals surface area contributed by atoms with Crippen molar-refractivity contribution < 1.29 is 44.3 Å². The van der Waals surface area contributed by atoms with Crippen molar-refractivity contribution in [2.45, 2.75) is 70.1 Å². The summed E-state index contributed by atoms with van der Waals surface area (Å²) in [5.74, 6) is -9.65. The molecular formula is C29H36N2O9. The number of esters is 1. The molecule has 216 valence electrons. The molecule has 3 aliphatic rings. The Morgan fingerprint density at radius 3 is 2.23 bits per heavy atom. The highest BCUT2D eigenvalue weighted by Gasteiger charge is 2.68. The maximum atomic E-state index is 14.1. The number of rotatable bonds is 4. The number of primary amides is 1. The van der Waals surface area contributed by atoms with Crippen LogP contribution in [0.4, 0.5) is 0 Å². The van der Waals surface area contributed by atoms with Gasteiger partial charge in [-0.1, -0.05) is 46.8 Å². The lowest BCUT2D eigenvalue weighted by molar-refractivity contribution is -0.180. The molecule has 0 fully saturated rings. The first kappa shape index (κ1) is 29.3. The van der Waals surface area contributed by atoms with E-state index >= 15 is 0 Å². The van der Waals surface area contributed by atoms with E-state index in [1.54, 1.807) is 26.0 Å². The molecule has 0 saturated heterocycles. The van der Waals surface area contributed by atoms with Gasteiger partial charge < -0.3 is 30.9 Å². The molecular weight excluding hydrogens is 520 g/mol. The van der Waals surface area contributed by atoms with Crippen LogP contribution in [-0.2, 0) is 24.5 Å². The molecule has 6 atom stereocenters. The second-order valence-corrected chi connectivity index (χ2v) is 12.0. The van der Waals surface area contributed by atoms with Crippen molar-refractivity contribution in [1.82, 2.24) is 4.90 Å². The van der Waals surface area contributed by atoms with Gasteiger partial charge >= 0.3 is 5.97 Å². The molecule has 40 heavy (non-hydrogen) atoms. The number of carbonyl (C=O) groups excluding carboxylic acids is 4. The Balaban J connectivity index is 2.11. The minimum atomic E-state index is -2.96. The number of aromatic hydroxyl groups is 1. The van der Waals surface area contributed by atoms with Crippen LogP contribution >= 0.6 is 0 Å². The van der Waals surface area contributed by atoms with Crippen LogP contribution in [0, 0.1) is 11.8 Å². The van der Waals surface area contributed by atoms with Gasteiger partial charge in [-0.2, -0.15) is 0 Å². The lowest BCUT2D eigenvalue weighted by Crippen LogP contribution is -2.69. The van der Waals surface area contributed by atoms with E-state index in [2.05, 4.69) is 0 Å². The van der Waals surface area contributed by atoms with Gasteiger partial charge in [0, 0.05) is 23.5 Å². The molecule has 0 aliphatic heterocycles. The molecule has 0 spiro atoms. The Hall–Kier alpha value is -3.70. The van der Waals surface area contributed by atoms with Gasteiger partial charge in [-0.25, -0.2) is 0 Å². The van der Waals surface area contributed by atoms with Crippen LogP contribution in [-0.4, -0.2) is 80.6 Å². The summed E-state index contributed by atoms with van der Waals surface area (Å²) in [7, 11) is 3.00. The third-order valence-electron chi connectivity index (χ3n) is 8.47. The summed E-state index contributed by atoms with van der Waals surface area (Å²) in [6, 6.07) is 2.09. The number of fused-ring (bicyclic) bond motifs is 3. The van der Waals surface area contributed by atoms with Crippen LogP contribution < -0.4 is 5.73 Å². The predicted octanol–water partition coefficient (Wildman–Crippen LogP) is 1.91. The summed E-state index contributed by atoms with van der Waals surface area (Å²) in [5.41, 5.74) is 1.35. The normalized spacial score (nSPS) is 30.2. The molecule has 1 aromatic carbocycles. The molecule has 4 unspecified atom stereocenters. The summed E-state index contributed by atoms with van der Waals surface area (Å²) >= 11 is 0. The standard InChI is InChI=1S/C29H36N2O9/c1-8-14(32)40-24-15-11(2)12-9-10-13(28(3,4)5)21(33)16(12)22(34)17(15)25(36)29(39)19(24)20(31(6)7)23(35)18(26(29)37)27(30)38/h9-11,15,19-20,24,33,35-36,39H,8H2,1-7H3,(H2,30,38)/t11?,15?,19?,20-,24?,29-/m0/s1. The third-order valence-corrected chi connectivity index (χ3v) is 8.47. The van der Waals surface area contributed by atoms with Gasteiger partial charge in [0.25, 0.3) is 5.91 Å². The maximum Gasteiger partial charge on any atom is 0.305 e. The number of likely N-dealkylation sites (N-methyl/N-ethyl adjacent to an activating group) is 1. The van der Waals surface area contributed by atoms with Gasteiger partial charge in [0.05, 0.1) is 17.5 Å². The zero-order valence-electron chi connectivity index (χ0n) is 23.6. The van der Waals surface area contributed by atoms with Crippen LogP contribution in [0.3, 0.4) is 0 Å². The number of phenols is 1. The largest absolute Gasteiger partial charge is 0.510 e. The molecule has 0 radical (unpaired) electrons. The van der Waals surface area contributed by atoms with E-state index in [1.807, 2.05) is 20.8 Å². The summed E-state index contributed by atoms with van der Waals surface area (Å²) in [5, 5.41) is 46.0. The number of hydrogen-bond acceptors (Lipinski definition) is 10. The topological polar surface area (TPSA) is 188 Å². The zero-order valence-corrected chi connectivity index (χ0v) is 23.6. The molecule has 4 rings (SSSR count). The number of aliphatic hydroxyl groups excluding tert-OH is 2. The number of aliphatic hydroxyl groups is 3. The molecule has 1 aromatic rings. The third kappa shape index (κ3) is 3.86. The number of hydrogen-bond donors (Lipinski definition) is 5. The summed E-state index contributed by atoms with van der Waals surface area (Å²) in [6.45, 7) is 8.82. The highest BCUT2D eigenvalue weighted by molar-refractivity contribution is 6.25. The number of Topliss-reactive ketones (excluding diaryl/α,β-unsaturated/α-hetero) is 2. The van der Waals surface area contributed by atoms with Gasteiger partial charge in [-0.15, -0.1) is 0 Å². The average molecular weight is 557 g/mol. The fourth-order valence-electron chi connectivity index (χ4n) is 6.58. The molecule has 0 heterocycles. The van der Waals surface area contributed by atoms with E-state index in [1.165, 1.54) is 19.0 Å². The van der Waals surface area contributed by atoms with Crippen molar-refractivity contribution in [1.29, 1.82) is 0 Å². The quantitative estimate of drug-likeness (QED) is 0.271. The lowest BCUT2D eigenvalue weighted by atomic mass is 9.55. The van der Waals surface area contributed by atoms with Crippen molar-refractivity contribution in [2.24, 2.45) is 17.6 Å². The minimum Gasteiger partial charge on any atom is -0.510 e. The van der Waals surface area contributed by atoms with Crippen molar-refractivity contribution >= 4 is 23.4 Å². The number of ketones is 2. The second kappa shape index (κ2) is 9.45. The Morgan fingerprint density at radius 2 is 1.73 bits per heavy atom. The van der Waals surface area contributed by atoms with Crippen molar-refractivity contribution in [2.75, 3.05) is 14.1 Å². The Kier molecular flexibility index (Phi) is 6.92. The van der Waals surface area contributed by atoms with Gasteiger partial charge in [0.2, 0.25) is 5.78 Å². The Bertz CT molecular complexity index is 1400. The number of phenolic OH excluding ortho intramolecular Hbond substituents is 1. The number of nitrogens with two attached hydrogens (primary N) is 1. The smallest absolute Gasteiger partial charge is 0.305 e. The number of carbonyl (C=O) groups is 4. The minimum absolute atomic E-state index is 0.0804. The Labute approximate surface area is 231 Å². The molecule has 6 N–H and O–H groups in total. The first-order chi connectivity index (χ1) is 18.4. The van der Waals surface area contributed by atoms with Gasteiger partial charge in [-0.3, -0.25) is 24.1 Å². The highest BCUT2D eigenvalue weighted by Crippen LogP contribution is 2.57. The van der Waals surface area contributed by atoms with E-state index in [0.29, 0.717) is 11.1 Å². The predicted molar refractivity (Wildman–Crippen MR) is 143 cm³/mol. The van der Waals surface area contributed by atoms with Gasteiger partial charge in [0.15, 0.2) is 11.4 Å². The summed E-state index contributed by atoms with van der Waals surface area (Å²) in [4.78, 5) is 54.2. The van der Waals surface area contributed by atoms with Gasteiger partial charge in [-0.05, 0) is 31.0 Å². The van der Waals surface area contributed by atoms with Crippen molar-refractivity contribution in [3.05, 3.63) is 51.5 Å². The van der Waals surface area contributed by atoms with Crippen LogP contribution in [0.15, 0.2) is 34.8 Å². The molecule has 1 amide bonds. The molecule has 0 aromatic heterocycles. The second-order valence-electron chi connectivity index (χ2n) is 12.0. The number of amides is 1. The summed E-state index contributed by atoms with van der Waals surface area (Å²) in [6.07, 6.45) is -1.49. The number of nitrogens with zero attached hydrogens (tertiary/aromatic N) is 1. The fourth-order valence-corrected chi connectivity index (χ4v) is 6.58. The fraction of sp³-hybridized carbons (Fsp3) is 0.517. The SMILES string of the molecule is CCC(=O)OC1C2C(=C(O)[C@]3(O)C(=O)C(C(N)=O)=C(O)[C@@H](N(C)C)C13)C(=O)c1c(ccc(C(C)(C)C)c1O)C2C. The van der Waals surface area contributed by atoms with E-state index in [0.717, 1.165) is 0 Å². The van der Waals surface area contributed by atoms with Crippen molar-refractivity contribution in [3.8, 4) is 5.75 Å². The van der Waals surface area contributed by atoms with Crippen LogP contribution in [0.25, 0.3) is 0 Å². The first-order valence-corrected chi connectivity index (χ1v) is 13.1. The number of benzene rings is 1. The molecule has 0 bridgehead atoms. The molecule has 3 aliphatic carbocycles. The monoisotopic (exact) mass is 556 g/mol. The maximum absolute atomic E-state index is 14.1. The highest BCUT2D eigenvalue weighted by atomic mass is 16.5. The van der Waals surface area contributed by atoms with Crippen molar-refractivity contribution in [3.63, 3.8) is 0 Å². The first-order valence-electron chi connectivity index (χ1n) is 13.1. The van der Waals surface area contributed by atoms with Crippen LogP contribution in [0.2, 0.25) is 0 Å². The zero-order chi connectivity index (χ0) is 30.2. The van der Waals surface area contributed by atoms with Gasteiger partial charge in [0.1, 0.15) is 28.9 Å². The van der Waals surface area contributed by atoms with Crippen LogP contribution in [0.1, 0.15) is 68.4 Å². The van der Waals surface area contributed by atoms with E-state index in [4.69, 9.17) is 10.5 Å². The summed E-state index contributed by atoms with van der Waals surface area (Å²) < 4.78 is 5.82. The van der Waals surface area contributed by atoms with Crippen LogP contribution in [0.5, 0.6) is 5.75 Å². The molecule has 0 saturated carbocycles. The number of ether oxygens (including phenoxy) is 1. The molecule has 11 heteroatoms. The molecule has 11 nitrogen and oxygen atoms in total. The van der Waals surface area contributed by atoms with E-state index < -0.39 is 87.0 Å². The Morgan fingerprint density at radius 1 is 1.12 bits per heavy atom. The lowest BCUT2D eigenvalue weighted by Gasteiger charge is -2.54.